The van der Waals surface area contributed by atoms with E-state index in [1.807, 2.05) is 31.2 Å². The molecule has 1 amide bonds. The fraction of sp³-hybridized carbons (Fsp3) is 0.174. The second-order valence-corrected chi connectivity index (χ2v) is 8.18. The van der Waals surface area contributed by atoms with Gasteiger partial charge in [-0.1, -0.05) is 23.9 Å². The topological polar surface area (TPSA) is 94.8 Å². The van der Waals surface area contributed by atoms with Crippen LogP contribution in [-0.2, 0) is 4.79 Å². The lowest BCUT2D eigenvalue weighted by atomic mass is 10.2. The smallest absolute Gasteiger partial charge is 0.240 e. The van der Waals surface area contributed by atoms with Crippen molar-refractivity contribution >= 4 is 23.6 Å². The predicted octanol–water partition coefficient (Wildman–Crippen LogP) is 4.38. The summed E-state index contributed by atoms with van der Waals surface area (Å²) in [5, 5.41) is 11.0. The van der Waals surface area contributed by atoms with Gasteiger partial charge in [-0.05, 0) is 56.3 Å². The maximum atomic E-state index is 14.8. The number of carbonyl (C=O) groups excluding carboxylic acids is 1. The molecule has 0 fully saturated rings. The summed E-state index contributed by atoms with van der Waals surface area (Å²) in [6.07, 6.45) is 3.08. The van der Waals surface area contributed by atoms with Gasteiger partial charge in [0.2, 0.25) is 11.9 Å². The van der Waals surface area contributed by atoms with Gasteiger partial charge in [-0.25, -0.2) is 14.4 Å². The molecule has 0 aliphatic rings. The van der Waals surface area contributed by atoms with Crippen LogP contribution < -0.4 is 10.1 Å². The van der Waals surface area contributed by atoms with Crippen molar-refractivity contribution in [2.24, 2.45) is 0 Å². The Balaban J connectivity index is 1.66. The van der Waals surface area contributed by atoms with Crippen LogP contribution in [0.25, 0.3) is 17.1 Å². The van der Waals surface area contributed by atoms with Crippen LogP contribution in [0.15, 0.2) is 72.1 Å². The first kappa shape index (κ1) is 22.4. The van der Waals surface area contributed by atoms with Gasteiger partial charge in [0.25, 0.3) is 0 Å². The first-order valence-corrected chi connectivity index (χ1v) is 11.1. The van der Waals surface area contributed by atoms with E-state index in [-0.39, 0.29) is 17.5 Å². The number of hydrogen-bond acceptors (Lipinski definition) is 7. The molecule has 8 nitrogen and oxygen atoms in total. The third-order valence-corrected chi connectivity index (χ3v) is 5.65. The van der Waals surface area contributed by atoms with E-state index in [4.69, 9.17) is 4.74 Å². The summed E-state index contributed by atoms with van der Waals surface area (Å²) < 4.78 is 21.9. The zero-order chi connectivity index (χ0) is 23.2. The normalized spacial score (nSPS) is 11.7. The summed E-state index contributed by atoms with van der Waals surface area (Å²) in [6.45, 7) is 4.19. The molecule has 33 heavy (non-hydrogen) atoms. The Bertz CT molecular complexity index is 1230. The minimum absolute atomic E-state index is 0.209. The van der Waals surface area contributed by atoms with Crippen LogP contribution in [0.3, 0.4) is 0 Å². The number of rotatable bonds is 8. The fourth-order valence-electron chi connectivity index (χ4n) is 3.04. The largest absolute Gasteiger partial charge is 0.494 e. The zero-order valence-electron chi connectivity index (χ0n) is 18.0. The number of halogens is 1. The average Bonchev–Trinajstić information content (AvgIpc) is 3.24. The highest BCUT2D eigenvalue weighted by Gasteiger charge is 2.23. The highest BCUT2D eigenvalue weighted by Crippen LogP contribution is 2.32. The predicted molar refractivity (Wildman–Crippen MR) is 124 cm³/mol. The van der Waals surface area contributed by atoms with E-state index in [2.05, 4.69) is 25.5 Å². The molecule has 1 atom stereocenters. The Hall–Kier alpha value is -3.79. The van der Waals surface area contributed by atoms with Gasteiger partial charge in [-0.3, -0.25) is 14.7 Å². The summed E-state index contributed by atoms with van der Waals surface area (Å²) in [7, 11) is 0. The lowest BCUT2D eigenvalue weighted by Gasteiger charge is -2.14. The molecule has 4 rings (SSSR count). The SMILES string of the molecule is CCOc1ccc(-c2nnc(SC(C)C(=O)Nc3ncccn3)n2-c2ccccc2F)cc1. The highest BCUT2D eigenvalue weighted by molar-refractivity contribution is 8.00. The number of benzene rings is 2. The fourth-order valence-corrected chi connectivity index (χ4v) is 3.90. The van der Waals surface area contributed by atoms with Gasteiger partial charge in [0, 0.05) is 18.0 Å². The molecule has 0 radical (unpaired) electrons. The molecule has 1 N–H and O–H groups in total. The van der Waals surface area contributed by atoms with Gasteiger partial charge < -0.3 is 4.74 Å². The molecule has 2 heterocycles. The Kier molecular flexibility index (Phi) is 6.94. The minimum atomic E-state index is -0.572. The Morgan fingerprint density at radius 1 is 1.09 bits per heavy atom. The van der Waals surface area contributed by atoms with Crippen molar-refractivity contribution in [3.63, 3.8) is 0 Å². The molecule has 2 aromatic heterocycles. The molecule has 2 aromatic carbocycles. The Labute approximate surface area is 194 Å². The van der Waals surface area contributed by atoms with Gasteiger partial charge in [-0.15, -0.1) is 10.2 Å². The molecule has 0 saturated carbocycles. The van der Waals surface area contributed by atoms with Crippen molar-refractivity contribution in [2.45, 2.75) is 24.3 Å². The number of carbonyl (C=O) groups is 1. The molecule has 0 aliphatic heterocycles. The van der Waals surface area contributed by atoms with Crippen LogP contribution in [0.4, 0.5) is 10.3 Å². The number of hydrogen-bond donors (Lipinski definition) is 1. The van der Waals surface area contributed by atoms with Crippen molar-refractivity contribution < 1.29 is 13.9 Å². The molecule has 1 unspecified atom stereocenters. The van der Waals surface area contributed by atoms with Crippen LogP contribution >= 0.6 is 11.8 Å². The molecule has 0 bridgehead atoms. The molecular weight excluding hydrogens is 443 g/mol. The number of amides is 1. The molecule has 0 saturated heterocycles. The van der Waals surface area contributed by atoms with Gasteiger partial charge in [0.1, 0.15) is 11.6 Å². The standard InChI is InChI=1S/C23H21FN6O2S/c1-3-32-17-11-9-16(10-12-17)20-28-29-23(30(20)19-8-5-4-7-18(19)24)33-15(2)21(31)27-22-25-13-6-14-26-22/h4-15H,3H2,1-2H3,(H,25,26,27,31). The average molecular weight is 465 g/mol. The molecular formula is C23H21FN6O2S. The molecule has 4 aromatic rings. The molecule has 0 aliphatic carbocycles. The van der Waals surface area contributed by atoms with Gasteiger partial charge >= 0.3 is 0 Å². The number of aromatic nitrogens is 5. The summed E-state index contributed by atoms with van der Waals surface area (Å²) in [5.41, 5.74) is 1.02. The summed E-state index contributed by atoms with van der Waals surface area (Å²) >= 11 is 1.16. The Morgan fingerprint density at radius 3 is 2.52 bits per heavy atom. The first-order chi connectivity index (χ1) is 16.1. The van der Waals surface area contributed by atoms with Crippen LogP contribution in [0.2, 0.25) is 0 Å². The lowest BCUT2D eigenvalue weighted by Crippen LogP contribution is -2.24. The number of nitrogens with one attached hydrogen (secondary N) is 1. The van der Waals surface area contributed by atoms with Crippen LogP contribution in [0.5, 0.6) is 5.75 Å². The van der Waals surface area contributed by atoms with E-state index in [9.17, 15) is 9.18 Å². The number of thioether (sulfide) groups is 1. The number of ether oxygens (including phenoxy) is 1. The third-order valence-electron chi connectivity index (χ3n) is 4.60. The van der Waals surface area contributed by atoms with Crippen molar-refractivity contribution in [2.75, 3.05) is 11.9 Å². The molecule has 10 heteroatoms. The maximum absolute atomic E-state index is 14.8. The van der Waals surface area contributed by atoms with E-state index >= 15 is 0 Å². The second-order valence-electron chi connectivity index (χ2n) is 6.87. The number of para-hydroxylation sites is 1. The summed E-state index contributed by atoms with van der Waals surface area (Å²) in [4.78, 5) is 20.7. The minimum Gasteiger partial charge on any atom is -0.494 e. The first-order valence-electron chi connectivity index (χ1n) is 10.2. The third kappa shape index (κ3) is 5.17. The summed E-state index contributed by atoms with van der Waals surface area (Å²) in [6, 6.07) is 15.3. The molecule has 168 valence electrons. The Morgan fingerprint density at radius 2 is 1.82 bits per heavy atom. The second kappa shape index (κ2) is 10.2. The van der Waals surface area contributed by atoms with Crippen molar-refractivity contribution in [1.29, 1.82) is 0 Å². The van der Waals surface area contributed by atoms with E-state index in [1.165, 1.54) is 6.07 Å². The maximum Gasteiger partial charge on any atom is 0.240 e. The quantitative estimate of drug-likeness (QED) is 0.387. The zero-order valence-corrected chi connectivity index (χ0v) is 18.8. The lowest BCUT2D eigenvalue weighted by molar-refractivity contribution is -0.115. The summed E-state index contributed by atoms with van der Waals surface area (Å²) in [5.74, 6) is 0.643. The van der Waals surface area contributed by atoms with Crippen molar-refractivity contribution in [3.05, 3.63) is 72.8 Å². The van der Waals surface area contributed by atoms with Gasteiger partial charge in [-0.2, -0.15) is 0 Å². The van der Waals surface area contributed by atoms with E-state index in [1.54, 1.807) is 48.1 Å². The van der Waals surface area contributed by atoms with E-state index in [0.29, 0.717) is 17.6 Å². The van der Waals surface area contributed by atoms with Crippen LogP contribution in [-0.4, -0.2) is 42.5 Å². The van der Waals surface area contributed by atoms with Crippen LogP contribution in [0.1, 0.15) is 13.8 Å². The highest BCUT2D eigenvalue weighted by atomic mass is 32.2. The van der Waals surface area contributed by atoms with Gasteiger partial charge in [0.15, 0.2) is 11.0 Å². The van der Waals surface area contributed by atoms with Gasteiger partial charge in [0.05, 0.1) is 17.5 Å². The van der Waals surface area contributed by atoms with E-state index < -0.39 is 11.1 Å². The van der Waals surface area contributed by atoms with E-state index in [0.717, 1.165) is 23.1 Å². The monoisotopic (exact) mass is 464 g/mol. The number of anilines is 1. The van der Waals surface area contributed by atoms with Crippen LogP contribution in [0, 0.1) is 5.82 Å². The van der Waals surface area contributed by atoms with Crippen molar-refractivity contribution in [3.8, 4) is 22.8 Å². The van der Waals surface area contributed by atoms with Crippen molar-refractivity contribution in [1.82, 2.24) is 24.7 Å². The number of nitrogens with zero attached hydrogens (tertiary/aromatic N) is 5. The molecule has 0 spiro atoms.